The lowest BCUT2D eigenvalue weighted by atomic mass is 10.1. The summed E-state index contributed by atoms with van der Waals surface area (Å²) >= 11 is 0. The van der Waals surface area contributed by atoms with E-state index in [1.165, 1.54) is 15.8 Å². The van der Waals surface area contributed by atoms with Crippen molar-refractivity contribution < 1.29 is 18.0 Å². The molecule has 0 aliphatic carbocycles. The van der Waals surface area contributed by atoms with Gasteiger partial charge in [0.2, 0.25) is 5.91 Å². The van der Waals surface area contributed by atoms with E-state index in [-0.39, 0.29) is 29.3 Å². The van der Waals surface area contributed by atoms with Gasteiger partial charge in [-0.3, -0.25) is 14.2 Å². The lowest BCUT2D eigenvalue weighted by molar-refractivity contribution is -0.137. The fourth-order valence-corrected chi connectivity index (χ4v) is 2.60. The fourth-order valence-electron chi connectivity index (χ4n) is 2.60. The molecule has 1 atom stereocenters. The van der Waals surface area contributed by atoms with E-state index < -0.39 is 17.3 Å². The number of benzene rings is 1. The molecule has 2 aromatic rings. The first kappa shape index (κ1) is 14.6. The van der Waals surface area contributed by atoms with Crippen LogP contribution < -0.4 is 5.56 Å². The summed E-state index contributed by atoms with van der Waals surface area (Å²) in [4.78, 5) is 29.4. The summed E-state index contributed by atoms with van der Waals surface area (Å²) in [6.45, 7) is 0.382. The molecule has 1 aromatic carbocycles. The van der Waals surface area contributed by atoms with Crippen LogP contribution in [0.3, 0.4) is 0 Å². The highest BCUT2D eigenvalue weighted by Gasteiger charge is 2.32. The van der Waals surface area contributed by atoms with E-state index in [1.807, 2.05) is 0 Å². The van der Waals surface area contributed by atoms with Crippen molar-refractivity contribution in [3.63, 3.8) is 0 Å². The zero-order valence-electron chi connectivity index (χ0n) is 11.6. The number of alkyl halides is 3. The van der Waals surface area contributed by atoms with Crippen LogP contribution in [0.1, 0.15) is 18.0 Å². The van der Waals surface area contributed by atoms with Gasteiger partial charge in [0.25, 0.3) is 5.56 Å². The van der Waals surface area contributed by atoms with Crippen molar-refractivity contribution >= 4 is 16.8 Å². The summed E-state index contributed by atoms with van der Waals surface area (Å²) < 4.78 is 39.3. The highest BCUT2D eigenvalue weighted by atomic mass is 19.4. The first-order chi connectivity index (χ1) is 10.3. The third-order valence-corrected chi connectivity index (χ3v) is 3.83. The van der Waals surface area contributed by atoms with Gasteiger partial charge >= 0.3 is 6.18 Å². The number of halogens is 3. The first-order valence-electron chi connectivity index (χ1n) is 6.59. The molecule has 0 saturated carbocycles. The fraction of sp³-hybridized carbons (Fsp3) is 0.357. The maximum atomic E-state index is 12.7. The predicted octanol–water partition coefficient (Wildman–Crippen LogP) is 1.82. The summed E-state index contributed by atoms with van der Waals surface area (Å²) in [7, 11) is 1.64. The SMILES string of the molecule is CN1CC(n2cnc3cc(C(F)(F)F)ccc3c2=O)CC1=O. The Hall–Kier alpha value is -2.38. The van der Waals surface area contributed by atoms with Crippen molar-refractivity contribution in [1.29, 1.82) is 0 Å². The Morgan fingerprint density at radius 3 is 2.59 bits per heavy atom. The lowest BCUT2D eigenvalue weighted by Gasteiger charge is -2.14. The van der Waals surface area contributed by atoms with Crippen LogP contribution in [0.2, 0.25) is 0 Å². The Kier molecular flexibility index (Phi) is 3.19. The molecule has 8 heteroatoms. The predicted molar refractivity (Wildman–Crippen MR) is 72.3 cm³/mol. The topological polar surface area (TPSA) is 55.2 Å². The molecule has 1 aliphatic rings. The molecular formula is C14H12F3N3O2. The molecule has 116 valence electrons. The van der Waals surface area contributed by atoms with Gasteiger partial charge in [-0.25, -0.2) is 4.98 Å². The maximum absolute atomic E-state index is 12.7. The molecule has 5 nitrogen and oxygen atoms in total. The third-order valence-electron chi connectivity index (χ3n) is 3.83. The molecule has 0 N–H and O–H groups in total. The quantitative estimate of drug-likeness (QED) is 0.807. The van der Waals surface area contributed by atoms with Gasteiger partial charge in [0.15, 0.2) is 0 Å². The second-order valence-electron chi connectivity index (χ2n) is 5.32. The van der Waals surface area contributed by atoms with Crippen molar-refractivity contribution in [1.82, 2.24) is 14.5 Å². The van der Waals surface area contributed by atoms with Crippen LogP contribution in [0.15, 0.2) is 29.3 Å². The van der Waals surface area contributed by atoms with Crippen LogP contribution in [-0.2, 0) is 11.0 Å². The molecule has 1 unspecified atom stereocenters. The van der Waals surface area contributed by atoms with Gasteiger partial charge < -0.3 is 4.90 Å². The largest absolute Gasteiger partial charge is 0.416 e. The molecule has 1 amide bonds. The Morgan fingerprint density at radius 1 is 1.27 bits per heavy atom. The number of rotatable bonds is 1. The third kappa shape index (κ3) is 2.34. The van der Waals surface area contributed by atoms with Gasteiger partial charge in [0.05, 0.1) is 28.8 Å². The number of fused-ring (bicyclic) bond motifs is 1. The zero-order chi connectivity index (χ0) is 16.1. The minimum atomic E-state index is -4.48. The van der Waals surface area contributed by atoms with Gasteiger partial charge in [0, 0.05) is 20.0 Å². The van der Waals surface area contributed by atoms with Crippen molar-refractivity contribution in [2.24, 2.45) is 0 Å². The van der Waals surface area contributed by atoms with E-state index in [1.54, 1.807) is 7.05 Å². The van der Waals surface area contributed by atoms with Gasteiger partial charge in [0.1, 0.15) is 0 Å². The number of hydrogen-bond acceptors (Lipinski definition) is 3. The Morgan fingerprint density at radius 2 is 2.00 bits per heavy atom. The summed E-state index contributed by atoms with van der Waals surface area (Å²) in [6.07, 6.45) is -3.09. The first-order valence-corrected chi connectivity index (χ1v) is 6.59. The number of amides is 1. The summed E-state index contributed by atoms with van der Waals surface area (Å²) in [5.41, 5.74) is -1.29. The number of carbonyl (C=O) groups is 1. The molecule has 0 radical (unpaired) electrons. The Balaban J connectivity index is 2.08. The second-order valence-corrected chi connectivity index (χ2v) is 5.32. The number of aromatic nitrogens is 2. The molecule has 0 bridgehead atoms. The van der Waals surface area contributed by atoms with Crippen LogP contribution in [0.4, 0.5) is 13.2 Å². The van der Waals surface area contributed by atoms with Crippen molar-refractivity contribution in [2.45, 2.75) is 18.6 Å². The zero-order valence-corrected chi connectivity index (χ0v) is 11.6. The monoisotopic (exact) mass is 311 g/mol. The minimum absolute atomic E-state index is 0.00578. The average molecular weight is 311 g/mol. The number of nitrogens with zero attached hydrogens (tertiary/aromatic N) is 3. The van der Waals surface area contributed by atoms with Crippen LogP contribution in [0, 0.1) is 0 Å². The van der Waals surface area contributed by atoms with Gasteiger partial charge in [-0.2, -0.15) is 13.2 Å². The molecule has 1 aliphatic heterocycles. The van der Waals surface area contributed by atoms with E-state index in [4.69, 9.17) is 0 Å². The van der Waals surface area contributed by atoms with Gasteiger partial charge in [-0.05, 0) is 18.2 Å². The van der Waals surface area contributed by atoms with Crippen LogP contribution in [0.5, 0.6) is 0 Å². The number of likely N-dealkylation sites (N-methyl/N-ethyl adjacent to an activating group) is 1. The lowest BCUT2D eigenvalue weighted by Crippen LogP contribution is -2.27. The van der Waals surface area contributed by atoms with E-state index in [2.05, 4.69) is 4.98 Å². The molecule has 1 fully saturated rings. The van der Waals surface area contributed by atoms with Gasteiger partial charge in [-0.1, -0.05) is 0 Å². The number of likely N-dealkylation sites (tertiary alicyclic amines) is 1. The summed E-state index contributed by atoms with van der Waals surface area (Å²) in [5, 5.41) is 0.109. The van der Waals surface area contributed by atoms with Crippen LogP contribution >= 0.6 is 0 Å². The van der Waals surface area contributed by atoms with Crippen molar-refractivity contribution in [3.8, 4) is 0 Å². The summed E-state index contributed by atoms with van der Waals surface area (Å²) in [5.74, 6) is -0.0792. The number of hydrogen-bond donors (Lipinski definition) is 0. The Labute approximate surface area is 123 Å². The average Bonchev–Trinajstić information content (AvgIpc) is 2.77. The molecule has 1 aromatic heterocycles. The Bertz CT molecular complexity index is 813. The van der Waals surface area contributed by atoms with E-state index >= 15 is 0 Å². The second kappa shape index (κ2) is 4.82. The van der Waals surface area contributed by atoms with E-state index in [0.717, 1.165) is 18.2 Å². The minimum Gasteiger partial charge on any atom is -0.344 e. The maximum Gasteiger partial charge on any atom is 0.416 e. The van der Waals surface area contributed by atoms with Gasteiger partial charge in [-0.15, -0.1) is 0 Å². The smallest absolute Gasteiger partial charge is 0.344 e. The van der Waals surface area contributed by atoms with Crippen LogP contribution in [-0.4, -0.2) is 34.0 Å². The van der Waals surface area contributed by atoms with E-state index in [9.17, 15) is 22.8 Å². The van der Waals surface area contributed by atoms with Crippen molar-refractivity contribution in [3.05, 3.63) is 40.4 Å². The number of carbonyl (C=O) groups excluding carboxylic acids is 1. The molecule has 1 saturated heterocycles. The highest BCUT2D eigenvalue weighted by molar-refractivity contribution is 5.80. The molecular weight excluding hydrogens is 299 g/mol. The molecule has 0 spiro atoms. The van der Waals surface area contributed by atoms with E-state index in [0.29, 0.717) is 6.54 Å². The molecule has 22 heavy (non-hydrogen) atoms. The summed E-state index contributed by atoms with van der Waals surface area (Å²) in [6, 6.07) is 2.50. The molecule has 3 rings (SSSR count). The van der Waals surface area contributed by atoms with Crippen molar-refractivity contribution in [2.75, 3.05) is 13.6 Å². The molecule has 2 heterocycles. The van der Waals surface area contributed by atoms with Crippen LogP contribution in [0.25, 0.3) is 10.9 Å². The normalized spacial score (nSPS) is 19.2. The highest BCUT2D eigenvalue weighted by Crippen LogP contribution is 2.30. The standard InChI is InChI=1S/C14H12F3N3O2/c1-19-6-9(5-12(19)21)20-7-18-11-4-8(14(15,16)17)2-3-10(11)13(20)22/h2-4,7,9H,5-6H2,1H3.